The van der Waals surface area contributed by atoms with Crippen LogP contribution in [0.3, 0.4) is 0 Å². The molecule has 2 aromatic heterocycles. The van der Waals surface area contributed by atoms with Crippen molar-refractivity contribution < 1.29 is 17.6 Å². The van der Waals surface area contributed by atoms with Gasteiger partial charge in [0.25, 0.3) is 0 Å². The van der Waals surface area contributed by atoms with E-state index in [1.807, 2.05) is 31.2 Å². The number of hydrogen-bond acceptors (Lipinski definition) is 4. The molecule has 0 fully saturated rings. The second kappa shape index (κ2) is 8.79. The Morgan fingerprint density at radius 2 is 1.84 bits per heavy atom. The summed E-state index contributed by atoms with van der Waals surface area (Å²) in [5, 5.41) is 3.70. The molecule has 160 valence electrons. The molecule has 0 saturated heterocycles. The lowest BCUT2D eigenvalue weighted by Crippen LogP contribution is -2.47. The quantitative estimate of drug-likeness (QED) is 0.393. The number of nitrogens with one attached hydrogen (secondary N) is 3. The van der Waals surface area contributed by atoms with Crippen LogP contribution in [0, 0.1) is 6.92 Å². The van der Waals surface area contributed by atoms with Crippen molar-refractivity contribution in [1.29, 1.82) is 0 Å². The number of H-pyrrole nitrogens is 1. The predicted molar refractivity (Wildman–Crippen MR) is 118 cm³/mol. The van der Waals surface area contributed by atoms with Crippen molar-refractivity contribution in [3.63, 3.8) is 0 Å². The molecule has 7 nitrogen and oxygen atoms in total. The summed E-state index contributed by atoms with van der Waals surface area (Å²) < 4.78 is 33.8. The predicted octanol–water partition coefficient (Wildman–Crippen LogP) is 3.28. The fourth-order valence-corrected chi connectivity index (χ4v) is 4.59. The number of fused-ring (bicyclic) bond motifs is 1. The number of aromatic nitrogens is 1. The molecule has 0 saturated carbocycles. The molecular formula is C23H23N3O4S. The first-order chi connectivity index (χ1) is 14.9. The molecule has 3 N–H and O–H groups in total. The average Bonchev–Trinajstić information content (AvgIpc) is 3.42. The Balaban J connectivity index is 1.59. The number of aryl methyl sites for hydroxylation is 1. The van der Waals surface area contributed by atoms with Crippen LogP contribution in [-0.4, -0.2) is 25.4 Å². The molecule has 31 heavy (non-hydrogen) atoms. The Hall–Kier alpha value is -3.36. The third-order valence-corrected chi connectivity index (χ3v) is 6.55. The molecular weight excluding hydrogens is 414 g/mol. The van der Waals surface area contributed by atoms with E-state index in [1.54, 1.807) is 30.5 Å². The highest BCUT2D eigenvalue weighted by atomic mass is 32.2. The lowest BCUT2D eigenvalue weighted by Gasteiger charge is -2.18. The zero-order valence-electron chi connectivity index (χ0n) is 17.0. The van der Waals surface area contributed by atoms with Crippen LogP contribution in [0.5, 0.6) is 0 Å². The van der Waals surface area contributed by atoms with Gasteiger partial charge in [-0.15, -0.1) is 0 Å². The number of rotatable bonds is 8. The Bertz CT molecular complexity index is 1280. The number of sulfonamides is 1. The third-order valence-electron chi connectivity index (χ3n) is 5.06. The molecule has 4 aromatic rings. The van der Waals surface area contributed by atoms with Gasteiger partial charge in [0.15, 0.2) is 0 Å². The van der Waals surface area contributed by atoms with Crippen molar-refractivity contribution in [3.8, 4) is 0 Å². The van der Waals surface area contributed by atoms with Crippen molar-refractivity contribution in [2.24, 2.45) is 0 Å². The second-order valence-electron chi connectivity index (χ2n) is 7.35. The van der Waals surface area contributed by atoms with Gasteiger partial charge in [0.05, 0.1) is 17.7 Å². The third kappa shape index (κ3) is 4.87. The minimum Gasteiger partial charge on any atom is -0.467 e. The van der Waals surface area contributed by atoms with E-state index in [9.17, 15) is 13.2 Å². The number of hydrogen-bond donors (Lipinski definition) is 3. The maximum atomic E-state index is 13.0. The highest BCUT2D eigenvalue weighted by molar-refractivity contribution is 7.89. The molecule has 0 spiro atoms. The molecule has 0 aliphatic carbocycles. The number of carbonyl (C=O) groups is 1. The largest absolute Gasteiger partial charge is 0.467 e. The molecule has 2 aromatic carbocycles. The van der Waals surface area contributed by atoms with Gasteiger partial charge in [0.2, 0.25) is 15.9 Å². The van der Waals surface area contributed by atoms with E-state index in [0.717, 1.165) is 22.0 Å². The summed E-state index contributed by atoms with van der Waals surface area (Å²) in [7, 11) is -3.89. The van der Waals surface area contributed by atoms with E-state index in [2.05, 4.69) is 15.0 Å². The highest BCUT2D eigenvalue weighted by Crippen LogP contribution is 2.20. The van der Waals surface area contributed by atoms with E-state index < -0.39 is 22.0 Å². The fraction of sp³-hybridized carbons (Fsp3) is 0.174. The van der Waals surface area contributed by atoms with Crippen LogP contribution in [-0.2, 0) is 27.8 Å². The van der Waals surface area contributed by atoms with Gasteiger partial charge in [-0.3, -0.25) is 4.79 Å². The summed E-state index contributed by atoms with van der Waals surface area (Å²) in [4.78, 5) is 16.2. The van der Waals surface area contributed by atoms with Crippen LogP contribution >= 0.6 is 0 Å². The van der Waals surface area contributed by atoms with Crippen molar-refractivity contribution in [3.05, 3.63) is 90.0 Å². The van der Waals surface area contributed by atoms with Gasteiger partial charge < -0.3 is 14.7 Å². The van der Waals surface area contributed by atoms with E-state index in [1.165, 1.54) is 18.4 Å². The molecule has 4 rings (SSSR count). The summed E-state index contributed by atoms with van der Waals surface area (Å²) in [6, 6.07) is 16.7. The number of aromatic amines is 1. The van der Waals surface area contributed by atoms with Crippen molar-refractivity contribution >= 4 is 26.8 Å². The molecule has 1 amide bonds. The smallest absolute Gasteiger partial charge is 0.241 e. The summed E-state index contributed by atoms with van der Waals surface area (Å²) >= 11 is 0. The van der Waals surface area contributed by atoms with Crippen LogP contribution in [0.25, 0.3) is 10.9 Å². The van der Waals surface area contributed by atoms with Gasteiger partial charge in [0, 0.05) is 17.1 Å². The first kappa shape index (κ1) is 20.9. The molecule has 1 atom stereocenters. The van der Waals surface area contributed by atoms with Gasteiger partial charge in [-0.05, 0) is 49.2 Å². The van der Waals surface area contributed by atoms with Crippen LogP contribution in [0.15, 0.2) is 82.4 Å². The lowest BCUT2D eigenvalue weighted by atomic mass is 10.1. The Labute approximate surface area is 180 Å². The molecule has 0 radical (unpaired) electrons. The van der Waals surface area contributed by atoms with Gasteiger partial charge in [-0.2, -0.15) is 4.72 Å². The zero-order valence-corrected chi connectivity index (χ0v) is 17.8. The minimum atomic E-state index is -3.89. The van der Waals surface area contributed by atoms with Gasteiger partial charge in [-0.25, -0.2) is 8.42 Å². The Kier molecular flexibility index (Phi) is 5.92. The average molecular weight is 438 g/mol. The number of para-hydroxylation sites is 1. The molecule has 1 unspecified atom stereocenters. The number of furan rings is 1. The van der Waals surface area contributed by atoms with E-state index in [0.29, 0.717) is 5.76 Å². The Morgan fingerprint density at radius 1 is 1.06 bits per heavy atom. The van der Waals surface area contributed by atoms with Crippen molar-refractivity contribution in [2.75, 3.05) is 0 Å². The lowest BCUT2D eigenvalue weighted by molar-refractivity contribution is -0.122. The first-order valence-electron chi connectivity index (χ1n) is 9.86. The molecule has 0 aliphatic rings. The summed E-state index contributed by atoms with van der Waals surface area (Å²) in [5.74, 6) is 0.151. The van der Waals surface area contributed by atoms with Gasteiger partial charge in [-0.1, -0.05) is 35.9 Å². The van der Waals surface area contributed by atoms with Crippen LogP contribution in [0.4, 0.5) is 0 Å². The minimum absolute atomic E-state index is 0.112. The summed E-state index contributed by atoms with van der Waals surface area (Å²) in [5.41, 5.74) is 2.72. The highest BCUT2D eigenvalue weighted by Gasteiger charge is 2.27. The second-order valence-corrected chi connectivity index (χ2v) is 9.06. The molecule has 2 heterocycles. The van der Waals surface area contributed by atoms with E-state index in [4.69, 9.17) is 4.42 Å². The van der Waals surface area contributed by atoms with E-state index >= 15 is 0 Å². The molecule has 8 heteroatoms. The molecule has 0 aliphatic heterocycles. The number of amides is 1. The summed E-state index contributed by atoms with van der Waals surface area (Å²) in [6.07, 6.45) is 3.52. The fourth-order valence-electron chi connectivity index (χ4n) is 3.39. The number of benzene rings is 2. The molecule has 0 bridgehead atoms. The first-order valence-corrected chi connectivity index (χ1v) is 11.3. The standard InChI is InChI=1S/C23H23N3O4S/c1-16-8-10-19(11-9-16)31(28,29)26-22(23(27)25-15-18-5-4-12-30-18)13-17-14-24-21-7-3-2-6-20(17)21/h2-12,14,22,24,26H,13,15H2,1H3,(H,25,27). The number of carbonyl (C=O) groups excluding carboxylic acids is 1. The SMILES string of the molecule is Cc1ccc(S(=O)(=O)NC(Cc2c[nH]c3ccccc23)C(=O)NCc2ccco2)cc1. The topological polar surface area (TPSA) is 104 Å². The van der Waals surface area contributed by atoms with Crippen LogP contribution in [0.2, 0.25) is 0 Å². The van der Waals surface area contributed by atoms with Crippen LogP contribution < -0.4 is 10.0 Å². The van der Waals surface area contributed by atoms with Crippen molar-refractivity contribution in [2.45, 2.75) is 30.8 Å². The van der Waals surface area contributed by atoms with Gasteiger partial charge >= 0.3 is 0 Å². The maximum absolute atomic E-state index is 13.0. The van der Waals surface area contributed by atoms with Gasteiger partial charge in [0.1, 0.15) is 11.8 Å². The van der Waals surface area contributed by atoms with E-state index in [-0.39, 0.29) is 17.9 Å². The normalized spacial score (nSPS) is 12.7. The van der Waals surface area contributed by atoms with Crippen LogP contribution in [0.1, 0.15) is 16.9 Å². The zero-order chi connectivity index (χ0) is 21.8. The van der Waals surface area contributed by atoms with Crippen molar-refractivity contribution in [1.82, 2.24) is 15.0 Å². The maximum Gasteiger partial charge on any atom is 0.241 e. The summed E-state index contributed by atoms with van der Waals surface area (Å²) in [6.45, 7) is 2.05. The monoisotopic (exact) mass is 437 g/mol. The Morgan fingerprint density at radius 3 is 2.58 bits per heavy atom.